The van der Waals surface area contributed by atoms with E-state index in [1.165, 1.54) is 12.1 Å². The fourth-order valence-electron chi connectivity index (χ4n) is 2.99. The van der Waals surface area contributed by atoms with Gasteiger partial charge in [-0.2, -0.15) is 0 Å². The average molecular weight is 457 g/mol. The number of ether oxygens (including phenoxy) is 2. The highest BCUT2D eigenvalue weighted by Crippen LogP contribution is 2.32. The number of nitrogens with zero attached hydrogens (tertiary/aromatic N) is 3. The minimum Gasteiger partial charge on any atom is -0.490 e. The standard InChI is InChI=1S/C21H20FN5O4S/c1-27-19(13-3-5-14(22)6-4-13)25-26-21(27)32-12-18(28)24-20(29)23-15-7-8-16-17(11-15)31-10-2-9-30-16/h3-8,11H,2,9-10,12H2,1H3,(H2,23,24,28,29). The first-order valence-corrected chi connectivity index (χ1v) is 10.8. The van der Waals surface area contributed by atoms with Crippen molar-refractivity contribution in [3.05, 3.63) is 48.3 Å². The van der Waals surface area contributed by atoms with Crippen molar-refractivity contribution in [2.75, 3.05) is 24.3 Å². The Balaban J connectivity index is 1.30. The molecule has 0 saturated heterocycles. The number of hydrogen-bond acceptors (Lipinski definition) is 7. The number of hydrogen-bond donors (Lipinski definition) is 2. The summed E-state index contributed by atoms with van der Waals surface area (Å²) >= 11 is 1.13. The molecule has 0 radical (unpaired) electrons. The quantitative estimate of drug-likeness (QED) is 0.567. The Morgan fingerprint density at radius 3 is 2.62 bits per heavy atom. The molecule has 0 unspecified atom stereocenters. The number of aromatic nitrogens is 3. The van der Waals surface area contributed by atoms with Gasteiger partial charge in [-0.25, -0.2) is 9.18 Å². The van der Waals surface area contributed by atoms with Crippen molar-refractivity contribution in [1.82, 2.24) is 20.1 Å². The molecule has 9 nitrogen and oxygen atoms in total. The Morgan fingerprint density at radius 2 is 1.84 bits per heavy atom. The summed E-state index contributed by atoms with van der Waals surface area (Å²) in [4.78, 5) is 24.3. The van der Waals surface area contributed by atoms with Crippen molar-refractivity contribution in [3.63, 3.8) is 0 Å². The zero-order chi connectivity index (χ0) is 22.5. The molecule has 4 rings (SSSR count). The SMILES string of the molecule is Cn1c(SCC(=O)NC(=O)Nc2ccc3c(c2)OCCCO3)nnc1-c1ccc(F)cc1. The Bertz CT molecular complexity index is 1140. The Hall–Kier alpha value is -3.60. The largest absolute Gasteiger partial charge is 0.490 e. The summed E-state index contributed by atoms with van der Waals surface area (Å²) in [5.41, 5.74) is 1.18. The third-order valence-corrected chi connectivity index (χ3v) is 5.55. The molecule has 2 N–H and O–H groups in total. The van der Waals surface area contributed by atoms with Gasteiger partial charge in [-0.1, -0.05) is 11.8 Å². The van der Waals surface area contributed by atoms with Gasteiger partial charge in [0.25, 0.3) is 0 Å². The molecule has 11 heteroatoms. The molecule has 2 heterocycles. The highest BCUT2D eigenvalue weighted by molar-refractivity contribution is 7.99. The highest BCUT2D eigenvalue weighted by Gasteiger charge is 2.16. The molecule has 0 aliphatic carbocycles. The molecule has 1 aliphatic heterocycles. The molecule has 3 amide bonds. The van der Waals surface area contributed by atoms with Gasteiger partial charge in [0, 0.05) is 30.8 Å². The van der Waals surface area contributed by atoms with Crippen LogP contribution in [0.3, 0.4) is 0 Å². The smallest absolute Gasteiger partial charge is 0.325 e. The van der Waals surface area contributed by atoms with Gasteiger partial charge in [0.2, 0.25) is 5.91 Å². The molecule has 0 bridgehead atoms. The van der Waals surface area contributed by atoms with Crippen LogP contribution in [0.1, 0.15) is 6.42 Å². The van der Waals surface area contributed by atoms with E-state index < -0.39 is 11.9 Å². The number of carbonyl (C=O) groups excluding carboxylic acids is 2. The highest BCUT2D eigenvalue weighted by atomic mass is 32.2. The molecule has 2 aromatic carbocycles. The summed E-state index contributed by atoms with van der Waals surface area (Å²) in [6, 6.07) is 10.3. The molecule has 0 spiro atoms. The van der Waals surface area contributed by atoms with Gasteiger partial charge in [0.15, 0.2) is 22.5 Å². The lowest BCUT2D eigenvalue weighted by Gasteiger charge is -2.10. The van der Waals surface area contributed by atoms with Gasteiger partial charge in [-0.3, -0.25) is 10.1 Å². The Labute approximate surface area is 187 Å². The Kier molecular flexibility index (Phi) is 6.55. The zero-order valence-electron chi connectivity index (χ0n) is 17.1. The molecule has 1 aromatic heterocycles. The van der Waals surface area contributed by atoms with Gasteiger partial charge < -0.3 is 19.4 Å². The predicted molar refractivity (Wildman–Crippen MR) is 116 cm³/mol. The number of rotatable bonds is 5. The van der Waals surface area contributed by atoms with Gasteiger partial charge in [-0.15, -0.1) is 10.2 Å². The molecule has 0 fully saturated rings. The van der Waals surface area contributed by atoms with E-state index in [4.69, 9.17) is 9.47 Å². The monoisotopic (exact) mass is 457 g/mol. The van der Waals surface area contributed by atoms with Crippen LogP contribution in [0.4, 0.5) is 14.9 Å². The molecule has 1 aliphatic rings. The second kappa shape index (κ2) is 9.69. The maximum absolute atomic E-state index is 13.1. The van der Waals surface area contributed by atoms with Crippen LogP contribution in [0.25, 0.3) is 11.4 Å². The summed E-state index contributed by atoms with van der Waals surface area (Å²) in [6.45, 7) is 1.10. The number of anilines is 1. The number of amides is 3. The summed E-state index contributed by atoms with van der Waals surface area (Å²) in [5.74, 6) is 0.829. The van der Waals surface area contributed by atoms with Crippen LogP contribution in [0.5, 0.6) is 11.5 Å². The maximum atomic E-state index is 13.1. The lowest BCUT2D eigenvalue weighted by atomic mass is 10.2. The van der Waals surface area contributed by atoms with E-state index in [1.807, 2.05) is 0 Å². The second-order valence-electron chi connectivity index (χ2n) is 6.88. The summed E-state index contributed by atoms with van der Waals surface area (Å²) in [7, 11) is 1.75. The number of benzene rings is 2. The van der Waals surface area contributed by atoms with Crippen LogP contribution in [0.15, 0.2) is 47.6 Å². The van der Waals surface area contributed by atoms with Crippen LogP contribution in [-0.2, 0) is 11.8 Å². The number of nitrogens with one attached hydrogen (secondary N) is 2. The summed E-state index contributed by atoms with van der Waals surface area (Å²) < 4.78 is 26.0. The molecule has 166 valence electrons. The minimum absolute atomic E-state index is 0.0377. The summed E-state index contributed by atoms with van der Waals surface area (Å²) in [5, 5.41) is 13.5. The lowest BCUT2D eigenvalue weighted by Crippen LogP contribution is -2.35. The molecular weight excluding hydrogens is 437 g/mol. The topological polar surface area (TPSA) is 107 Å². The normalized spacial score (nSPS) is 12.7. The van der Waals surface area contributed by atoms with Crippen LogP contribution < -0.4 is 20.1 Å². The van der Waals surface area contributed by atoms with E-state index in [0.29, 0.717) is 46.9 Å². The van der Waals surface area contributed by atoms with E-state index >= 15 is 0 Å². The van der Waals surface area contributed by atoms with Gasteiger partial charge in [0.1, 0.15) is 5.82 Å². The maximum Gasteiger partial charge on any atom is 0.325 e. The van der Waals surface area contributed by atoms with Crippen molar-refractivity contribution >= 4 is 29.4 Å². The molecule has 0 atom stereocenters. The van der Waals surface area contributed by atoms with Crippen LogP contribution in [0.2, 0.25) is 0 Å². The van der Waals surface area contributed by atoms with E-state index in [1.54, 1.807) is 41.9 Å². The number of imide groups is 1. The van der Waals surface area contributed by atoms with Gasteiger partial charge >= 0.3 is 6.03 Å². The van der Waals surface area contributed by atoms with Crippen LogP contribution >= 0.6 is 11.8 Å². The van der Waals surface area contributed by atoms with Crippen molar-refractivity contribution in [2.45, 2.75) is 11.6 Å². The van der Waals surface area contributed by atoms with Gasteiger partial charge in [0.05, 0.1) is 19.0 Å². The second-order valence-corrected chi connectivity index (χ2v) is 7.82. The van der Waals surface area contributed by atoms with E-state index in [-0.39, 0.29) is 11.6 Å². The fourth-order valence-corrected chi connectivity index (χ4v) is 3.70. The summed E-state index contributed by atoms with van der Waals surface area (Å²) in [6.07, 6.45) is 0.779. The van der Waals surface area contributed by atoms with Crippen molar-refractivity contribution < 1.29 is 23.5 Å². The van der Waals surface area contributed by atoms with E-state index in [2.05, 4.69) is 20.8 Å². The van der Waals surface area contributed by atoms with Crippen molar-refractivity contribution in [1.29, 1.82) is 0 Å². The van der Waals surface area contributed by atoms with Crippen molar-refractivity contribution in [2.24, 2.45) is 7.05 Å². The van der Waals surface area contributed by atoms with Gasteiger partial charge in [-0.05, 0) is 36.4 Å². The average Bonchev–Trinajstić information content (AvgIpc) is 2.98. The zero-order valence-corrected chi connectivity index (χ0v) is 17.9. The van der Waals surface area contributed by atoms with Crippen LogP contribution in [0, 0.1) is 5.82 Å². The first-order chi connectivity index (χ1) is 15.5. The van der Waals surface area contributed by atoms with Crippen molar-refractivity contribution in [3.8, 4) is 22.9 Å². The molecule has 0 saturated carbocycles. The molecular formula is C21H20FN5O4S. The van der Waals surface area contributed by atoms with E-state index in [0.717, 1.165) is 18.2 Å². The minimum atomic E-state index is -0.657. The molecule has 32 heavy (non-hydrogen) atoms. The lowest BCUT2D eigenvalue weighted by molar-refractivity contribution is -0.117. The number of fused-ring (bicyclic) bond motifs is 1. The number of urea groups is 1. The third kappa shape index (κ3) is 5.17. The predicted octanol–water partition coefficient (Wildman–Crippen LogP) is 3.22. The third-order valence-electron chi connectivity index (χ3n) is 4.53. The first kappa shape index (κ1) is 21.6. The number of thioether (sulfide) groups is 1. The molecule has 3 aromatic rings. The number of carbonyl (C=O) groups is 2. The fraction of sp³-hybridized carbons (Fsp3) is 0.238. The first-order valence-electron chi connectivity index (χ1n) is 9.78. The Morgan fingerprint density at radius 1 is 1.09 bits per heavy atom. The number of halogens is 1. The van der Waals surface area contributed by atoms with Crippen LogP contribution in [-0.4, -0.2) is 45.7 Å². The van der Waals surface area contributed by atoms with E-state index in [9.17, 15) is 14.0 Å².